The van der Waals surface area contributed by atoms with Crippen LogP contribution in [0, 0.1) is 5.92 Å². The Bertz CT molecular complexity index is 495. The van der Waals surface area contributed by atoms with Crippen molar-refractivity contribution in [1.82, 2.24) is 5.32 Å². The van der Waals surface area contributed by atoms with Crippen LogP contribution in [-0.2, 0) is 12.8 Å². The monoisotopic (exact) mass is 335 g/mol. The van der Waals surface area contributed by atoms with Gasteiger partial charge in [-0.05, 0) is 61.7 Å². The molecule has 0 spiro atoms. The topological polar surface area (TPSA) is 25.2 Å². The molecule has 0 amide bonds. The lowest BCUT2D eigenvalue weighted by molar-refractivity contribution is 0.415. The number of halogens is 1. The van der Waals surface area contributed by atoms with Crippen molar-refractivity contribution in [3.8, 4) is 0 Å². The van der Waals surface area contributed by atoms with E-state index in [0.717, 1.165) is 36.2 Å². The first-order valence-corrected chi connectivity index (χ1v) is 8.04. The van der Waals surface area contributed by atoms with Crippen LogP contribution in [0.15, 0.2) is 51.6 Å². The van der Waals surface area contributed by atoms with Crippen molar-refractivity contribution < 1.29 is 4.42 Å². The lowest BCUT2D eigenvalue weighted by atomic mass is 9.95. The second-order valence-corrected chi connectivity index (χ2v) is 6.10. The zero-order chi connectivity index (χ0) is 14.2. The van der Waals surface area contributed by atoms with E-state index in [1.54, 1.807) is 6.26 Å². The molecule has 0 aliphatic rings. The maximum atomic E-state index is 5.49. The van der Waals surface area contributed by atoms with Gasteiger partial charge in [-0.1, -0.05) is 35.0 Å². The van der Waals surface area contributed by atoms with Gasteiger partial charge < -0.3 is 9.73 Å². The van der Waals surface area contributed by atoms with E-state index >= 15 is 0 Å². The van der Waals surface area contributed by atoms with Gasteiger partial charge in [0.05, 0.1) is 6.26 Å². The molecule has 2 nitrogen and oxygen atoms in total. The van der Waals surface area contributed by atoms with Crippen molar-refractivity contribution in [2.24, 2.45) is 5.92 Å². The van der Waals surface area contributed by atoms with Gasteiger partial charge in [-0.15, -0.1) is 0 Å². The number of furan rings is 1. The van der Waals surface area contributed by atoms with Crippen molar-refractivity contribution in [2.75, 3.05) is 13.1 Å². The van der Waals surface area contributed by atoms with E-state index in [2.05, 4.69) is 58.5 Å². The summed E-state index contributed by atoms with van der Waals surface area (Å²) in [7, 11) is 0. The minimum atomic E-state index is 0.557. The van der Waals surface area contributed by atoms with E-state index in [-0.39, 0.29) is 0 Å². The highest BCUT2D eigenvalue weighted by atomic mass is 79.9. The van der Waals surface area contributed by atoms with Crippen LogP contribution < -0.4 is 5.32 Å². The zero-order valence-electron chi connectivity index (χ0n) is 11.9. The normalized spacial score (nSPS) is 12.5. The number of benzene rings is 1. The Kier molecular flexibility index (Phi) is 6.34. The Morgan fingerprint density at radius 3 is 2.80 bits per heavy atom. The first kappa shape index (κ1) is 15.3. The summed E-state index contributed by atoms with van der Waals surface area (Å²) in [5.41, 5.74) is 1.37. The molecular formula is C17H22BrNO. The van der Waals surface area contributed by atoms with E-state index in [0.29, 0.717) is 5.92 Å². The highest BCUT2D eigenvalue weighted by molar-refractivity contribution is 9.10. The van der Waals surface area contributed by atoms with Crippen LogP contribution in [0.4, 0.5) is 0 Å². The van der Waals surface area contributed by atoms with Crippen molar-refractivity contribution in [3.63, 3.8) is 0 Å². The van der Waals surface area contributed by atoms with Crippen molar-refractivity contribution in [3.05, 3.63) is 58.5 Å². The largest absolute Gasteiger partial charge is 0.469 e. The molecule has 0 bridgehead atoms. The summed E-state index contributed by atoms with van der Waals surface area (Å²) in [6.07, 6.45) is 4.97. The van der Waals surface area contributed by atoms with Crippen LogP contribution >= 0.6 is 15.9 Å². The summed E-state index contributed by atoms with van der Waals surface area (Å²) in [6, 6.07) is 12.6. The molecule has 1 atom stereocenters. The fourth-order valence-electron chi connectivity index (χ4n) is 2.41. The first-order valence-electron chi connectivity index (χ1n) is 7.25. The van der Waals surface area contributed by atoms with Gasteiger partial charge in [0.15, 0.2) is 0 Å². The molecule has 1 heterocycles. The minimum absolute atomic E-state index is 0.557. The highest BCUT2D eigenvalue weighted by Crippen LogP contribution is 2.18. The summed E-state index contributed by atoms with van der Waals surface area (Å²) < 4.78 is 6.64. The van der Waals surface area contributed by atoms with Gasteiger partial charge in [-0.2, -0.15) is 0 Å². The first-order chi connectivity index (χ1) is 9.78. The fourth-order valence-corrected chi connectivity index (χ4v) is 2.86. The van der Waals surface area contributed by atoms with E-state index in [1.165, 1.54) is 12.0 Å². The number of nitrogens with one attached hydrogen (secondary N) is 1. The number of hydrogen-bond acceptors (Lipinski definition) is 2. The molecule has 3 heteroatoms. The van der Waals surface area contributed by atoms with Crippen LogP contribution in [-0.4, -0.2) is 13.1 Å². The quantitative estimate of drug-likeness (QED) is 0.721. The minimum Gasteiger partial charge on any atom is -0.469 e. The van der Waals surface area contributed by atoms with Crippen LogP contribution in [0.2, 0.25) is 0 Å². The molecule has 1 aromatic carbocycles. The van der Waals surface area contributed by atoms with Gasteiger partial charge in [0.25, 0.3) is 0 Å². The summed E-state index contributed by atoms with van der Waals surface area (Å²) in [5, 5.41) is 3.53. The van der Waals surface area contributed by atoms with Crippen LogP contribution in [0.5, 0.6) is 0 Å². The van der Waals surface area contributed by atoms with Crippen molar-refractivity contribution in [1.29, 1.82) is 0 Å². The number of hydrogen-bond donors (Lipinski definition) is 1. The Morgan fingerprint density at radius 2 is 2.10 bits per heavy atom. The Morgan fingerprint density at radius 1 is 1.20 bits per heavy atom. The predicted octanol–water partition coefficient (Wildman–Crippen LogP) is 4.44. The van der Waals surface area contributed by atoms with E-state index in [9.17, 15) is 0 Å². The molecule has 2 rings (SSSR count). The second kappa shape index (κ2) is 8.28. The van der Waals surface area contributed by atoms with Crippen molar-refractivity contribution >= 4 is 15.9 Å². The van der Waals surface area contributed by atoms with Gasteiger partial charge in [0, 0.05) is 10.9 Å². The average Bonchev–Trinajstić information content (AvgIpc) is 2.92. The number of rotatable bonds is 8. The molecule has 0 aliphatic carbocycles. The van der Waals surface area contributed by atoms with Gasteiger partial charge >= 0.3 is 0 Å². The van der Waals surface area contributed by atoms with E-state index in [4.69, 9.17) is 4.42 Å². The molecule has 2 aromatic rings. The van der Waals surface area contributed by atoms with Gasteiger partial charge in [0.2, 0.25) is 0 Å². The molecule has 1 N–H and O–H groups in total. The average molecular weight is 336 g/mol. The third-order valence-corrected chi connectivity index (χ3v) is 3.84. The lowest BCUT2D eigenvalue weighted by Crippen LogP contribution is -2.26. The van der Waals surface area contributed by atoms with E-state index < -0.39 is 0 Å². The molecule has 1 unspecified atom stereocenters. The van der Waals surface area contributed by atoms with Crippen LogP contribution in [0.1, 0.15) is 24.7 Å². The SMILES string of the molecule is CCCNCC(Cc1cccc(Br)c1)Cc1ccco1. The molecule has 0 fully saturated rings. The zero-order valence-corrected chi connectivity index (χ0v) is 13.5. The summed E-state index contributed by atoms with van der Waals surface area (Å²) in [5.74, 6) is 1.63. The fraction of sp³-hybridized carbons (Fsp3) is 0.412. The molecule has 1 aromatic heterocycles. The molecular weight excluding hydrogens is 314 g/mol. The summed E-state index contributed by atoms with van der Waals surface area (Å²) >= 11 is 3.54. The van der Waals surface area contributed by atoms with Gasteiger partial charge in [-0.3, -0.25) is 0 Å². The summed E-state index contributed by atoms with van der Waals surface area (Å²) in [4.78, 5) is 0. The third kappa shape index (κ3) is 5.14. The van der Waals surface area contributed by atoms with Gasteiger partial charge in [-0.25, -0.2) is 0 Å². The molecule has 0 saturated carbocycles. The Balaban J connectivity index is 1.97. The van der Waals surface area contributed by atoms with Crippen LogP contribution in [0.25, 0.3) is 0 Å². The lowest BCUT2D eigenvalue weighted by Gasteiger charge is -2.17. The maximum absolute atomic E-state index is 5.49. The highest BCUT2D eigenvalue weighted by Gasteiger charge is 2.12. The van der Waals surface area contributed by atoms with E-state index in [1.807, 2.05) is 6.07 Å². The van der Waals surface area contributed by atoms with Crippen LogP contribution in [0.3, 0.4) is 0 Å². The van der Waals surface area contributed by atoms with Crippen molar-refractivity contribution in [2.45, 2.75) is 26.2 Å². The Hall–Kier alpha value is -1.06. The summed E-state index contributed by atoms with van der Waals surface area (Å²) in [6.45, 7) is 4.30. The molecule has 0 aliphatic heterocycles. The smallest absolute Gasteiger partial charge is 0.104 e. The third-order valence-electron chi connectivity index (χ3n) is 3.34. The molecule has 0 saturated heterocycles. The molecule has 20 heavy (non-hydrogen) atoms. The molecule has 0 radical (unpaired) electrons. The second-order valence-electron chi connectivity index (χ2n) is 5.19. The molecule has 108 valence electrons. The standard InChI is InChI=1S/C17H22BrNO/c1-2-8-19-13-15(12-17-7-4-9-20-17)10-14-5-3-6-16(18)11-14/h3-7,9,11,15,19H,2,8,10,12-13H2,1H3. The van der Waals surface area contributed by atoms with Gasteiger partial charge in [0.1, 0.15) is 5.76 Å². The maximum Gasteiger partial charge on any atom is 0.104 e. The Labute approximate surface area is 129 Å². The predicted molar refractivity (Wildman–Crippen MR) is 86.9 cm³/mol.